The largest absolute Gasteiger partial charge is 0.442 e. The molecule has 1 aliphatic rings. The Morgan fingerprint density at radius 3 is 2.70 bits per heavy atom. The first-order chi connectivity index (χ1) is 13.0. The zero-order valence-corrected chi connectivity index (χ0v) is 15.0. The molecule has 8 nitrogen and oxygen atoms in total. The molecule has 0 aliphatic carbocycles. The molecule has 1 saturated heterocycles. The van der Waals surface area contributed by atoms with E-state index in [2.05, 4.69) is 15.4 Å². The molecule has 2 aromatic heterocycles. The topological polar surface area (TPSA) is 88.8 Å². The number of ether oxygens (including phenoxy) is 1. The van der Waals surface area contributed by atoms with Crippen LogP contribution in [-0.2, 0) is 9.53 Å². The molecule has 1 aromatic carbocycles. The van der Waals surface area contributed by atoms with Crippen molar-refractivity contribution in [2.24, 2.45) is 0 Å². The molecule has 0 spiro atoms. The Morgan fingerprint density at radius 1 is 1.22 bits per heavy atom. The number of nitrogens with zero attached hydrogens (tertiary/aromatic N) is 4. The van der Waals surface area contributed by atoms with Crippen molar-refractivity contribution in [2.75, 3.05) is 18.0 Å². The number of fused-ring (bicyclic) bond motifs is 1. The summed E-state index contributed by atoms with van der Waals surface area (Å²) in [6.45, 7) is 4.01. The van der Waals surface area contributed by atoms with Crippen molar-refractivity contribution in [1.82, 2.24) is 19.9 Å². The van der Waals surface area contributed by atoms with Crippen LogP contribution < -0.4 is 10.2 Å². The third-order valence-electron chi connectivity index (χ3n) is 4.40. The second kappa shape index (κ2) is 6.71. The predicted molar refractivity (Wildman–Crippen MR) is 99.5 cm³/mol. The second-order valence-corrected chi connectivity index (χ2v) is 6.48. The maximum Gasteiger partial charge on any atom is 0.414 e. The minimum absolute atomic E-state index is 0.145. The van der Waals surface area contributed by atoms with Crippen LogP contribution >= 0.6 is 0 Å². The van der Waals surface area contributed by atoms with Crippen LogP contribution in [0.15, 0.2) is 42.6 Å². The van der Waals surface area contributed by atoms with E-state index in [1.165, 1.54) is 6.92 Å². The van der Waals surface area contributed by atoms with Gasteiger partial charge < -0.3 is 10.1 Å². The third kappa shape index (κ3) is 3.46. The Kier molecular flexibility index (Phi) is 4.23. The maximum atomic E-state index is 12.1. The van der Waals surface area contributed by atoms with Crippen LogP contribution in [0.5, 0.6) is 0 Å². The van der Waals surface area contributed by atoms with Gasteiger partial charge in [0.1, 0.15) is 11.9 Å². The van der Waals surface area contributed by atoms with E-state index in [-0.39, 0.29) is 12.0 Å². The predicted octanol–water partition coefficient (Wildman–Crippen LogP) is 2.17. The van der Waals surface area contributed by atoms with E-state index in [9.17, 15) is 9.59 Å². The monoisotopic (exact) mass is 365 g/mol. The lowest BCUT2D eigenvalue weighted by atomic mass is 10.1. The molecule has 138 valence electrons. The quantitative estimate of drug-likeness (QED) is 0.765. The molecule has 8 heteroatoms. The Balaban J connectivity index is 1.51. The summed E-state index contributed by atoms with van der Waals surface area (Å²) in [5.74, 6) is 0.581. The van der Waals surface area contributed by atoms with Crippen LogP contribution in [0.3, 0.4) is 0 Å². The highest BCUT2D eigenvalue weighted by atomic mass is 16.6. The molecule has 27 heavy (non-hydrogen) atoms. The van der Waals surface area contributed by atoms with E-state index in [1.54, 1.807) is 9.42 Å². The van der Waals surface area contributed by atoms with Gasteiger partial charge in [0, 0.05) is 24.4 Å². The van der Waals surface area contributed by atoms with Crippen molar-refractivity contribution in [3.8, 4) is 11.1 Å². The van der Waals surface area contributed by atoms with Crippen molar-refractivity contribution >= 4 is 23.3 Å². The smallest absolute Gasteiger partial charge is 0.414 e. The third-order valence-corrected chi connectivity index (χ3v) is 4.40. The number of pyridine rings is 1. The number of hydrogen-bond donors (Lipinski definition) is 1. The zero-order valence-electron chi connectivity index (χ0n) is 15.0. The van der Waals surface area contributed by atoms with Crippen molar-refractivity contribution in [3.63, 3.8) is 0 Å². The minimum atomic E-state index is -0.405. The van der Waals surface area contributed by atoms with Crippen LogP contribution in [0.1, 0.15) is 12.7 Å². The van der Waals surface area contributed by atoms with Crippen LogP contribution in [0.2, 0.25) is 0 Å². The zero-order chi connectivity index (χ0) is 19.0. The highest BCUT2D eigenvalue weighted by molar-refractivity contribution is 5.90. The molecule has 1 atom stereocenters. The summed E-state index contributed by atoms with van der Waals surface area (Å²) in [4.78, 5) is 29.0. The number of carbonyl (C=O) groups is 2. The van der Waals surface area contributed by atoms with Crippen LogP contribution in [0.4, 0.5) is 10.5 Å². The Bertz CT molecular complexity index is 1010. The average Bonchev–Trinajstić information content (AvgIpc) is 3.20. The number of benzene rings is 1. The van der Waals surface area contributed by atoms with Gasteiger partial charge in [0.2, 0.25) is 5.91 Å². The summed E-state index contributed by atoms with van der Waals surface area (Å²) in [5.41, 5.74) is 3.58. The van der Waals surface area contributed by atoms with Gasteiger partial charge in [-0.2, -0.15) is 5.10 Å². The number of anilines is 1. The summed E-state index contributed by atoms with van der Waals surface area (Å²) in [7, 11) is 0. The standard InChI is InChI=1S/C19H19N5O3/c1-12-21-18-8-5-15(10-24(18)22-12)14-3-6-16(7-4-14)23-11-17(27-19(23)26)9-20-13(2)25/h3-8,10,17H,9,11H2,1-2H3,(H,20,25)/t17-/m0/s1. The number of nitrogens with one attached hydrogen (secondary N) is 1. The lowest BCUT2D eigenvalue weighted by Gasteiger charge is -2.13. The van der Waals surface area contributed by atoms with Gasteiger partial charge in [-0.3, -0.25) is 9.69 Å². The molecule has 1 fully saturated rings. The molecule has 1 N–H and O–H groups in total. The van der Waals surface area contributed by atoms with Gasteiger partial charge in [-0.1, -0.05) is 12.1 Å². The number of amides is 2. The fourth-order valence-corrected chi connectivity index (χ4v) is 3.10. The first kappa shape index (κ1) is 17.0. The second-order valence-electron chi connectivity index (χ2n) is 6.48. The van der Waals surface area contributed by atoms with Gasteiger partial charge >= 0.3 is 6.09 Å². The van der Waals surface area contributed by atoms with Gasteiger partial charge in [-0.15, -0.1) is 0 Å². The van der Waals surface area contributed by atoms with E-state index in [4.69, 9.17) is 4.74 Å². The van der Waals surface area contributed by atoms with E-state index in [1.807, 2.05) is 49.5 Å². The lowest BCUT2D eigenvalue weighted by Crippen LogP contribution is -2.33. The van der Waals surface area contributed by atoms with Gasteiger partial charge in [0.15, 0.2) is 5.65 Å². The maximum absolute atomic E-state index is 12.1. The molecule has 1 aliphatic heterocycles. The molecule has 0 radical (unpaired) electrons. The van der Waals surface area contributed by atoms with Crippen molar-refractivity contribution in [2.45, 2.75) is 20.0 Å². The molecule has 3 aromatic rings. The molecule has 4 rings (SSSR count). The summed E-state index contributed by atoms with van der Waals surface area (Å²) in [6, 6.07) is 11.6. The minimum Gasteiger partial charge on any atom is -0.442 e. The summed E-state index contributed by atoms with van der Waals surface area (Å²) < 4.78 is 7.05. The number of cyclic esters (lactones) is 1. The normalized spacial score (nSPS) is 16.6. The molecule has 3 heterocycles. The van der Waals surface area contributed by atoms with Crippen molar-refractivity contribution in [1.29, 1.82) is 0 Å². The lowest BCUT2D eigenvalue weighted by molar-refractivity contribution is -0.119. The Hall–Kier alpha value is -3.42. The van der Waals surface area contributed by atoms with Crippen LogP contribution in [0.25, 0.3) is 16.8 Å². The van der Waals surface area contributed by atoms with Crippen LogP contribution in [-0.4, -0.2) is 45.8 Å². The number of hydrogen-bond acceptors (Lipinski definition) is 5. The highest BCUT2D eigenvalue weighted by Gasteiger charge is 2.32. The molecular weight excluding hydrogens is 346 g/mol. The van der Waals surface area contributed by atoms with Crippen LogP contribution in [0, 0.1) is 6.92 Å². The average molecular weight is 365 g/mol. The molecule has 2 amide bonds. The number of aromatic nitrogens is 3. The number of aryl methyl sites for hydroxylation is 1. The number of rotatable bonds is 4. The van der Waals surface area contributed by atoms with Crippen molar-refractivity contribution in [3.05, 3.63) is 48.4 Å². The summed E-state index contributed by atoms with van der Waals surface area (Å²) >= 11 is 0. The van der Waals surface area contributed by atoms with E-state index in [0.29, 0.717) is 13.1 Å². The highest BCUT2D eigenvalue weighted by Crippen LogP contribution is 2.26. The first-order valence-electron chi connectivity index (χ1n) is 8.65. The molecular formula is C19H19N5O3. The summed E-state index contributed by atoms with van der Waals surface area (Å²) in [6.07, 6.45) is 1.18. The van der Waals surface area contributed by atoms with Gasteiger partial charge in [-0.05, 0) is 36.8 Å². The van der Waals surface area contributed by atoms with Gasteiger partial charge in [0.25, 0.3) is 0 Å². The van der Waals surface area contributed by atoms with E-state index >= 15 is 0 Å². The fourth-order valence-electron chi connectivity index (χ4n) is 3.10. The SMILES string of the molecule is CC(=O)NC[C@H]1CN(c2ccc(-c3ccc4nc(C)nn4c3)cc2)C(=O)O1. The van der Waals surface area contributed by atoms with E-state index in [0.717, 1.165) is 28.3 Å². The Morgan fingerprint density at radius 2 is 1.96 bits per heavy atom. The number of carbonyl (C=O) groups excluding carboxylic acids is 2. The first-order valence-corrected chi connectivity index (χ1v) is 8.65. The van der Waals surface area contributed by atoms with E-state index < -0.39 is 6.09 Å². The summed E-state index contributed by atoms with van der Waals surface area (Å²) in [5, 5.41) is 7.00. The molecule has 0 bridgehead atoms. The molecule has 0 unspecified atom stereocenters. The Labute approximate surface area is 155 Å². The van der Waals surface area contributed by atoms with Gasteiger partial charge in [-0.25, -0.2) is 14.3 Å². The molecule has 0 saturated carbocycles. The van der Waals surface area contributed by atoms with Crippen molar-refractivity contribution < 1.29 is 14.3 Å². The van der Waals surface area contributed by atoms with Gasteiger partial charge in [0.05, 0.1) is 13.1 Å². The fraction of sp³-hybridized carbons (Fsp3) is 0.263.